The molecule has 0 aliphatic heterocycles. The molecule has 33 heavy (non-hydrogen) atoms. The molecule has 0 spiro atoms. The molecule has 1 heterocycles. The van der Waals surface area contributed by atoms with E-state index in [0.717, 1.165) is 5.56 Å². The third-order valence-corrected chi connectivity index (χ3v) is 7.29. The van der Waals surface area contributed by atoms with Crippen molar-refractivity contribution in [1.82, 2.24) is 9.55 Å². The predicted molar refractivity (Wildman–Crippen MR) is 124 cm³/mol. The van der Waals surface area contributed by atoms with Crippen LogP contribution in [0.3, 0.4) is 0 Å². The lowest BCUT2D eigenvalue weighted by Crippen LogP contribution is -2.16. The Balaban J connectivity index is 2.08. The quantitative estimate of drug-likeness (QED) is 0.477. The summed E-state index contributed by atoms with van der Waals surface area (Å²) in [6.45, 7) is 5.37. The van der Waals surface area contributed by atoms with Crippen molar-refractivity contribution in [2.45, 2.75) is 44.7 Å². The molecule has 0 bridgehead atoms. The maximum Gasteiger partial charge on any atom is 0.355 e. The summed E-state index contributed by atoms with van der Waals surface area (Å²) in [7, 11) is -3.83. The monoisotopic (exact) mass is 470 g/mol. The number of benzene rings is 2. The number of aromatic carboxylic acids is 2. The van der Waals surface area contributed by atoms with Crippen LogP contribution in [-0.2, 0) is 16.4 Å². The van der Waals surface area contributed by atoms with Gasteiger partial charge in [-0.2, -0.15) is 0 Å². The Bertz CT molecular complexity index is 1290. The molecule has 8 nitrogen and oxygen atoms in total. The molecule has 0 aliphatic rings. The second-order valence-corrected chi connectivity index (χ2v) is 9.97. The molecule has 3 aromatic rings. The van der Waals surface area contributed by atoms with E-state index in [0.29, 0.717) is 23.4 Å². The fourth-order valence-electron chi connectivity index (χ4n) is 3.62. The van der Waals surface area contributed by atoms with E-state index in [1.54, 1.807) is 42.5 Å². The Morgan fingerprint density at radius 2 is 1.64 bits per heavy atom. The first-order valence-corrected chi connectivity index (χ1v) is 12.2. The van der Waals surface area contributed by atoms with E-state index in [-0.39, 0.29) is 29.5 Å². The van der Waals surface area contributed by atoms with Gasteiger partial charge in [-0.3, -0.25) is 0 Å². The van der Waals surface area contributed by atoms with Crippen LogP contribution >= 0.6 is 0 Å². The van der Waals surface area contributed by atoms with Gasteiger partial charge in [0, 0.05) is 12.5 Å². The minimum absolute atomic E-state index is 0.119. The lowest BCUT2D eigenvalue weighted by Gasteiger charge is -2.14. The van der Waals surface area contributed by atoms with E-state index in [1.807, 2.05) is 13.8 Å². The zero-order valence-electron chi connectivity index (χ0n) is 18.6. The second kappa shape index (κ2) is 9.58. The van der Waals surface area contributed by atoms with Crippen molar-refractivity contribution in [3.05, 3.63) is 71.2 Å². The van der Waals surface area contributed by atoms with Crippen LogP contribution in [0.5, 0.6) is 0 Å². The summed E-state index contributed by atoms with van der Waals surface area (Å²) >= 11 is 0. The number of sulfone groups is 1. The normalized spacial score (nSPS) is 12.5. The number of hydrogen-bond acceptors (Lipinski definition) is 5. The lowest BCUT2D eigenvalue weighted by atomic mass is 9.98. The number of hydrogen-bond donors (Lipinski definition) is 2. The number of rotatable bonds is 9. The van der Waals surface area contributed by atoms with Crippen molar-refractivity contribution < 1.29 is 28.2 Å². The summed E-state index contributed by atoms with van der Waals surface area (Å²) in [5.41, 5.74) is 1.85. The van der Waals surface area contributed by atoms with Crippen LogP contribution < -0.4 is 0 Å². The van der Waals surface area contributed by atoms with E-state index in [1.165, 1.54) is 17.6 Å². The number of carboxylic acid groups (broad SMARTS) is 2. The molecule has 9 heteroatoms. The van der Waals surface area contributed by atoms with E-state index >= 15 is 0 Å². The standard InChI is InChI=1S/C24H26N2O6S/c1-4-15(3)21-25-22(33(31,32)5-2)20(24(29)30)26(21)14-16-10-12-17(13-11-16)18-8-6-7-9-19(18)23(27)28/h6-13,15H,4-5,14H2,1-3H3,(H,27,28)(H,29,30). The Labute approximate surface area is 192 Å². The molecule has 174 valence electrons. The van der Waals surface area contributed by atoms with E-state index < -0.39 is 26.8 Å². The summed E-state index contributed by atoms with van der Waals surface area (Å²) in [5.74, 6) is -2.37. The van der Waals surface area contributed by atoms with Crippen molar-refractivity contribution >= 4 is 21.8 Å². The first kappa shape index (κ1) is 24.2. The van der Waals surface area contributed by atoms with Crippen molar-refractivity contribution in [2.75, 3.05) is 5.75 Å². The van der Waals surface area contributed by atoms with Crippen LogP contribution in [0.1, 0.15) is 65.3 Å². The van der Waals surface area contributed by atoms with Gasteiger partial charge in [0.2, 0.25) is 0 Å². The molecular weight excluding hydrogens is 444 g/mol. The fraction of sp³-hybridized carbons (Fsp3) is 0.292. The number of carbonyl (C=O) groups is 2. The molecule has 3 rings (SSSR count). The average Bonchev–Trinajstić information content (AvgIpc) is 3.19. The van der Waals surface area contributed by atoms with Gasteiger partial charge in [-0.1, -0.05) is 63.2 Å². The van der Waals surface area contributed by atoms with Gasteiger partial charge in [-0.05, 0) is 29.2 Å². The zero-order valence-corrected chi connectivity index (χ0v) is 19.5. The van der Waals surface area contributed by atoms with Gasteiger partial charge < -0.3 is 14.8 Å². The first-order valence-electron chi connectivity index (χ1n) is 10.6. The number of nitrogens with zero attached hydrogens (tertiary/aromatic N) is 2. The minimum Gasteiger partial charge on any atom is -0.478 e. The zero-order chi connectivity index (χ0) is 24.3. The average molecular weight is 471 g/mol. The molecule has 0 saturated carbocycles. The fourth-order valence-corrected chi connectivity index (χ4v) is 4.62. The van der Waals surface area contributed by atoms with Crippen LogP contribution in [0.4, 0.5) is 0 Å². The predicted octanol–water partition coefficient (Wildman–Crippen LogP) is 4.30. The topological polar surface area (TPSA) is 127 Å². The molecule has 1 atom stereocenters. The van der Waals surface area contributed by atoms with Gasteiger partial charge in [0.15, 0.2) is 20.6 Å². The van der Waals surface area contributed by atoms with Crippen LogP contribution in [0.15, 0.2) is 53.6 Å². The Hall–Kier alpha value is -3.46. The van der Waals surface area contributed by atoms with Crippen LogP contribution in [-0.4, -0.2) is 45.9 Å². The van der Waals surface area contributed by atoms with Crippen LogP contribution in [0.2, 0.25) is 0 Å². The Morgan fingerprint density at radius 1 is 1.00 bits per heavy atom. The molecule has 0 amide bonds. The van der Waals surface area contributed by atoms with Crippen LogP contribution in [0, 0.1) is 0 Å². The minimum atomic E-state index is -3.83. The van der Waals surface area contributed by atoms with Crippen molar-refractivity contribution in [3.8, 4) is 11.1 Å². The van der Waals surface area contributed by atoms with Gasteiger partial charge >= 0.3 is 11.9 Å². The summed E-state index contributed by atoms with van der Waals surface area (Å²) in [6.07, 6.45) is 0.659. The highest BCUT2D eigenvalue weighted by molar-refractivity contribution is 7.91. The number of carboxylic acids is 2. The molecule has 0 radical (unpaired) electrons. The van der Waals surface area contributed by atoms with E-state index in [9.17, 15) is 28.2 Å². The molecule has 0 fully saturated rings. The maximum atomic E-state index is 12.6. The molecular formula is C24H26N2O6S. The lowest BCUT2D eigenvalue weighted by molar-refractivity contribution is 0.0675. The smallest absolute Gasteiger partial charge is 0.355 e. The van der Waals surface area contributed by atoms with Crippen molar-refractivity contribution in [1.29, 1.82) is 0 Å². The largest absolute Gasteiger partial charge is 0.478 e. The summed E-state index contributed by atoms with van der Waals surface area (Å²) in [5, 5.41) is 18.9. The SMILES string of the molecule is CCC(C)c1nc(S(=O)(=O)CC)c(C(=O)O)n1Cc1ccc(-c2ccccc2C(=O)O)cc1. The van der Waals surface area contributed by atoms with E-state index in [2.05, 4.69) is 4.98 Å². The van der Waals surface area contributed by atoms with Crippen molar-refractivity contribution in [3.63, 3.8) is 0 Å². The summed E-state index contributed by atoms with van der Waals surface area (Å²) < 4.78 is 26.6. The summed E-state index contributed by atoms with van der Waals surface area (Å²) in [6, 6.07) is 13.7. The highest BCUT2D eigenvalue weighted by Crippen LogP contribution is 2.28. The van der Waals surface area contributed by atoms with Gasteiger partial charge in [0.25, 0.3) is 0 Å². The van der Waals surface area contributed by atoms with E-state index in [4.69, 9.17) is 0 Å². The number of imidazole rings is 1. The Kier molecular flexibility index (Phi) is 7.02. The highest BCUT2D eigenvalue weighted by Gasteiger charge is 2.31. The van der Waals surface area contributed by atoms with Gasteiger partial charge in [0.1, 0.15) is 5.82 Å². The summed E-state index contributed by atoms with van der Waals surface area (Å²) in [4.78, 5) is 27.9. The maximum absolute atomic E-state index is 12.6. The Morgan fingerprint density at radius 3 is 2.18 bits per heavy atom. The molecule has 2 aromatic carbocycles. The van der Waals surface area contributed by atoms with Gasteiger partial charge in [-0.15, -0.1) is 0 Å². The molecule has 2 N–H and O–H groups in total. The van der Waals surface area contributed by atoms with Gasteiger partial charge in [0.05, 0.1) is 11.3 Å². The third kappa shape index (κ3) is 4.83. The highest BCUT2D eigenvalue weighted by atomic mass is 32.2. The molecule has 1 aromatic heterocycles. The van der Waals surface area contributed by atoms with Crippen LogP contribution in [0.25, 0.3) is 11.1 Å². The molecule has 0 aliphatic carbocycles. The molecule has 0 saturated heterocycles. The number of aromatic nitrogens is 2. The molecule has 1 unspecified atom stereocenters. The van der Waals surface area contributed by atoms with Gasteiger partial charge in [-0.25, -0.2) is 23.0 Å². The first-order chi connectivity index (χ1) is 15.6. The second-order valence-electron chi connectivity index (χ2n) is 7.78. The third-order valence-electron chi connectivity index (χ3n) is 5.66. The van der Waals surface area contributed by atoms with Crippen molar-refractivity contribution in [2.24, 2.45) is 0 Å².